The summed E-state index contributed by atoms with van der Waals surface area (Å²) in [6.45, 7) is 1.49. The number of rotatable bonds is 6. The van der Waals surface area contributed by atoms with Gasteiger partial charge in [0.1, 0.15) is 0 Å². The Morgan fingerprint density at radius 3 is 2.37 bits per heavy atom. The minimum atomic E-state index is -0.976. The van der Waals surface area contributed by atoms with Crippen molar-refractivity contribution >= 4 is 35.2 Å². The minimum Gasteiger partial charge on any atom is -0.454 e. The normalized spacial score (nSPS) is 33.9. The molecule has 0 N–H and O–H groups in total. The summed E-state index contributed by atoms with van der Waals surface area (Å²) in [6, 6.07) is 6.43. The fraction of sp³-hybridized carbons (Fsp3) is 0.478. The van der Waals surface area contributed by atoms with E-state index in [0.29, 0.717) is 22.4 Å². The SMILES string of the molecule is C[C@H](OC(=O)CCN1C(=O)[C@H]2[C@@H]3C=C[C@H]([C@H]4C[C@H]34)[C@@H]2C1=O)C(=O)c1cccc(Cl)c1. The lowest BCUT2D eigenvalue weighted by molar-refractivity contribution is -0.148. The standard InChI is InChI=1S/C23H22ClNO5/c1-11(21(27)12-3-2-4-13(24)9-12)30-18(26)7-8-25-22(28)19-14-5-6-15(17-10-16(14)17)20(19)23(25)29/h2-6,9,11,14-17,19-20H,7-8,10H2,1H3/t11-,14+,15+,16+,17+,19-,20-/m0/s1. The largest absolute Gasteiger partial charge is 0.454 e. The van der Waals surface area contributed by atoms with Crippen molar-refractivity contribution in [3.63, 3.8) is 0 Å². The van der Waals surface area contributed by atoms with Gasteiger partial charge in [0.15, 0.2) is 6.10 Å². The quantitative estimate of drug-likeness (QED) is 0.302. The number of carbonyl (C=O) groups excluding carboxylic acids is 4. The van der Waals surface area contributed by atoms with Crippen molar-refractivity contribution < 1.29 is 23.9 Å². The third-order valence-corrected chi connectivity index (χ3v) is 7.32. The number of Topliss-reactive ketones (excluding diaryl/α,β-unsaturated/α-hetero) is 1. The number of benzene rings is 1. The van der Waals surface area contributed by atoms with Crippen LogP contribution in [0.1, 0.15) is 30.1 Å². The number of hydrogen-bond acceptors (Lipinski definition) is 5. The topological polar surface area (TPSA) is 80.8 Å². The maximum atomic E-state index is 12.9. The number of carbonyl (C=O) groups is 4. The number of halogens is 1. The van der Waals surface area contributed by atoms with Crippen LogP contribution in [0.25, 0.3) is 0 Å². The van der Waals surface area contributed by atoms with Crippen LogP contribution >= 0.6 is 11.6 Å². The molecule has 1 saturated heterocycles. The number of ketones is 1. The van der Waals surface area contributed by atoms with Gasteiger partial charge in [-0.05, 0) is 49.1 Å². The van der Waals surface area contributed by atoms with Gasteiger partial charge in [0, 0.05) is 17.1 Å². The van der Waals surface area contributed by atoms with E-state index < -0.39 is 12.1 Å². The molecule has 0 unspecified atom stereocenters. The molecule has 4 aliphatic carbocycles. The third-order valence-electron chi connectivity index (χ3n) is 7.08. The number of ether oxygens (including phenoxy) is 1. The second-order valence-electron chi connectivity index (χ2n) is 8.74. The lowest BCUT2D eigenvalue weighted by Gasteiger charge is -2.37. The van der Waals surface area contributed by atoms with Crippen molar-refractivity contribution in [3.05, 3.63) is 47.0 Å². The van der Waals surface area contributed by atoms with Gasteiger partial charge in [-0.3, -0.25) is 24.1 Å². The Balaban J connectivity index is 1.19. The van der Waals surface area contributed by atoms with Crippen molar-refractivity contribution in [2.45, 2.75) is 25.9 Å². The zero-order chi connectivity index (χ0) is 21.2. The molecular formula is C23H22ClNO5. The van der Waals surface area contributed by atoms with E-state index in [0.717, 1.165) is 6.42 Å². The van der Waals surface area contributed by atoms with Gasteiger partial charge in [0.25, 0.3) is 0 Å². The summed E-state index contributed by atoms with van der Waals surface area (Å²) in [5.74, 6) is -0.420. The Kier molecular flexibility index (Phi) is 4.58. The van der Waals surface area contributed by atoms with Crippen LogP contribution in [0.2, 0.25) is 5.02 Å². The van der Waals surface area contributed by atoms with Crippen LogP contribution in [0.3, 0.4) is 0 Å². The van der Waals surface area contributed by atoms with Crippen LogP contribution in [0.4, 0.5) is 0 Å². The second kappa shape index (κ2) is 7.05. The Bertz CT molecular complexity index is 952. The van der Waals surface area contributed by atoms with Gasteiger partial charge in [-0.25, -0.2) is 0 Å². The second-order valence-corrected chi connectivity index (χ2v) is 9.18. The molecule has 1 heterocycles. The maximum absolute atomic E-state index is 12.9. The summed E-state index contributed by atoms with van der Waals surface area (Å²) in [6.07, 6.45) is 4.24. The van der Waals surface area contributed by atoms with Crippen molar-refractivity contribution in [2.24, 2.45) is 35.5 Å². The number of amides is 2. The van der Waals surface area contributed by atoms with Crippen LogP contribution in [0, 0.1) is 35.5 Å². The summed E-state index contributed by atoms with van der Waals surface area (Å²) >= 11 is 5.90. The van der Waals surface area contributed by atoms with Crippen LogP contribution in [0.15, 0.2) is 36.4 Å². The number of allylic oxidation sites excluding steroid dienone is 2. The molecule has 0 aromatic heterocycles. The molecule has 2 amide bonds. The Morgan fingerprint density at radius 1 is 1.13 bits per heavy atom. The van der Waals surface area contributed by atoms with E-state index in [4.69, 9.17) is 16.3 Å². The fourth-order valence-electron chi connectivity index (χ4n) is 5.63. The van der Waals surface area contributed by atoms with E-state index in [1.807, 2.05) is 0 Å². The molecule has 1 aliphatic heterocycles. The first-order valence-electron chi connectivity index (χ1n) is 10.4. The van der Waals surface area contributed by atoms with Crippen molar-refractivity contribution in [3.8, 4) is 0 Å². The highest BCUT2D eigenvalue weighted by Crippen LogP contribution is 2.65. The molecular weight excluding hydrogens is 406 g/mol. The number of nitrogens with zero attached hydrogens (tertiary/aromatic N) is 1. The number of likely N-dealkylation sites (tertiary alicyclic amines) is 1. The number of imide groups is 1. The van der Waals surface area contributed by atoms with Gasteiger partial charge in [-0.15, -0.1) is 0 Å². The van der Waals surface area contributed by atoms with E-state index in [2.05, 4.69) is 12.2 Å². The van der Waals surface area contributed by atoms with Crippen molar-refractivity contribution in [1.82, 2.24) is 4.90 Å². The highest BCUT2D eigenvalue weighted by molar-refractivity contribution is 6.31. The Hall–Kier alpha value is -2.47. The molecule has 1 aromatic rings. The Morgan fingerprint density at radius 2 is 1.77 bits per heavy atom. The summed E-state index contributed by atoms with van der Waals surface area (Å²) in [5.41, 5.74) is 0.360. The van der Waals surface area contributed by atoms with E-state index in [-0.39, 0.29) is 54.2 Å². The molecule has 7 atom stereocenters. The summed E-state index contributed by atoms with van der Waals surface area (Å²) < 4.78 is 5.24. The fourth-order valence-corrected chi connectivity index (χ4v) is 5.82. The van der Waals surface area contributed by atoms with Crippen LogP contribution in [-0.4, -0.2) is 41.1 Å². The van der Waals surface area contributed by atoms with E-state index >= 15 is 0 Å². The molecule has 2 saturated carbocycles. The van der Waals surface area contributed by atoms with Crippen LogP contribution in [0.5, 0.6) is 0 Å². The zero-order valence-electron chi connectivity index (χ0n) is 16.5. The molecule has 0 spiro atoms. The van der Waals surface area contributed by atoms with Gasteiger partial charge in [0.2, 0.25) is 17.6 Å². The molecule has 156 valence electrons. The van der Waals surface area contributed by atoms with Gasteiger partial charge >= 0.3 is 5.97 Å². The first-order valence-corrected chi connectivity index (χ1v) is 10.8. The van der Waals surface area contributed by atoms with Gasteiger partial charge in [0.05, 0.1) is 18.3 Å². The predicted molar refractivity (Wildman–Crippen MR) is 107 cm³/mol. The molecule has 7 heteroatoms. The maximum Gasteiger partial charge on any atom is 0.308 e. The smallest absolute Gasteiger partial charge is 0.308 e. The number of hydrogen-bond donors (Lipinski definition) is 0. The molecule has 6 nitrogen and oxygen atoms in total. The zero-order valence-corrected chi connectivity index (χ0v) is 17.2. The van der Waals surface area contributed by atoms with Crippen LogP contribution in [-0.2, 0) is 19.1 Å². The average Bonchev–Trinajstić information content (AvgIpc) is 3.51. The summed E-state index contributed by atoms with van der Waals surface area (Å²) in [7, 11) is 0. The van der Waals surface area contributed by atoms with Crippen molar-refractivity contribution in [1.29, 1.82) is 0 Å². The van der Waals surface area contributed by atoms with E-state index in [1.54, 1.807) is 18.2 Å². The van der Waals surface area contributed by atoms with Crippen molar-refractivity contribution in [2.75, 3.05) is 6.54 Å². The molecule has 30 heavy (non-hydrogen) atoms. The lowest BCUT2D eigenvalue weighted by Crippen LogP contribution is -2.40. The molecule has 6 rings (SSSR count). The average molecular weight is 428 g/mol. The summed E-state index contributed by atoms with van der Waals surface area (Å²) in [4.78, 5) is 51.8. The van der Waals surface area contributed by atoms with Crippen LogP contribution < -0.4 is 0 Å². The molecule has 0 radical (unpaired) electrons. The highest BCUT2D eigenvalue weighted by Gasteiger charge is 2.66. The predicted octanol–water partition coefficient (Wildman–Crippen LogP) is 2.90. The summed E-state index contributed by atoms with van der Waals surface area (Å²) in [5, 5.41) is 0.424. The molecule has 2 bridgehead atoms. The first-order chi connectivity index (χ1) is 14.4. The van der Waals surface area contributed by atoms with E-state index in [9.17, 15) is 19.2 Å². The lowest BCUT2D eigenvalue weighted by atomic mass is 9.63. The minimum absolute atomic E-state index is 0.00362. The molecule has 5 aliphatic rings. The van der Waals surface area contributed by atoms with E-state index in [1.165, 1.54) is 17.9 Å². The van der Waals surface area contributed by atoms with Gasteiger partial charge < -0.3 is 4.74 Å². The van der Waals surface area contributed by atoms with Gasteiger partial charge in [-0.2, -0.15) is 0 Å². The molecule has 3 fully saturated rings. The Labute approximate surface area is 179 Å². The first kappa shape index (κ1) is 19.5. The third kappa shape index (κ3) is 3.00. The number of esters is 1. The monoisotopic (exact) mass is 427 g/mol. The highest BCUT2D eigenvalue weighted by atomic mass is 35.5. The molecule has 1 aromatic carbocycles. The van der Waals surface area contributed by atoms with Gasteiger partial charge in [-0.1, -0.05) is 35.9 Å².